The minimum atomic E-state index is -0.601. The number of halogens is 2. The largest absolute Gasteiger partial charge is 0.345 e. The Hall–Kier alpha value is -2.32. The van der Waals surface area contributed by atoms with E-state index in [-0.39, 0.29) is 5.52 Å². The van der Waals surface area contributed by atoms with Crippen LogP contribution in [0, 0.1) is 25.5 Å². The molecule has 0 unspecified atom stereocenters. The van der Waals surface area contributed by atoms with E-state index in [1.165, 1.54) is 33.2 Å². The Morgan fingerprint density at radius 3 is 2.00 bits per heavy atom. The van der Waals surface area contributed by atoms with Crippen LogP contribution in [0.1, 0.15) is 11.1 Å². The van der Waals surface area contributed by atoms with Gasteiger partial charge in [-0.3, -0.25) is 0 Å². The highest BCUT2D eigenvalue weighted by Crippen LogP contribution is 2.34. The zero-order valence-electron chi connectivity index (χ0n) is 15.5. The summed E-state index contributed by atoms with van der Waals surface area (Å²) < 4.78 is 29.2. The average Bonchev–Trinajstić information content (AvgIpc) is 3.26. The monoisotopic (exact) mass is 416 g/mol. The van der Waals surface area contributed by atoms with E-state index in [2.05, 4.69) is 40.8 Å². The molecule has 2 aromatic carbocycles. The van der Waals surface area contributed by atoms with Crippen LogP contribution in [0.25, 0.3) is 20.4 Å². The van der Waals surface area contributed by atoms with Gasteiger partial charge in [0.2, 0.25) is 0 Å². The highest BCUT2D eigenvalue weighted by molar-refractivity contribution is 7.22. The molecule has 0 radical (unpaired) electrons. The second kappa shape index (κ2) is 6.63. The molecule has 3 heterocycles. The van der Waals surface area contributed by atoms with Crippen molar-refractivity contribution in [2.75, 3.05) is 36.0 Å². The van der Waals surface area contributed by atoms with Gasteiger partial charge in [-0.1, -0.05) is 28.7 Å². The molecule has 0 spiro atoms. The number of aryl methyl sites for hydroxylation is 2. The molecule has 0 N–H and O–H groups in total. The average molecular weight is 417 g/mol. The van der Waals surface area contributed by atoms with E-state index >= 15 is 0 Å². The van der Waals surface area contributed by atoms with Crippen LogP contribution in [-0.2, 0) is 0 Å². The third-order valence-electron chi connectivity index (χ3n) is 5.04. The quantitative estimate of drug-likeness (QED) is 0.454. The Bertz CT molecular complexity index is 1100. The summed E-state index contributed by atoms with van der Waals surface area (Å²) in [5.74, 6) is -1.16. The van der Waals surface area contributed by atoms with Gasteiger partial charge in [-0.2, -0.15) is 0 Å². The first kappa shape index (κ1) is 17.8. The van der Waals surface area contributed by atoms with Crippen molar-refractivity contribution < 1.29 is 8.78 Å². The molecule has 8 heteroatoms. The maximum atomic E-state index is 13.9. The van der Waals surface area contributed by atoms with Crippen molar-refractivity contribution in [2.24, 2.45) is 0 Å². The summed E-state index contributed by atoms with van der Waals surface area (Å²) >= 11 is 3.07. The molecule has 1 aliphatic heterocycles. The maximum Gasteiger partial charge on any atom is 0.186 e. The molecule has 0 amide bonds. The molecule has 0 atom stereocenters. The minimum absolute atomic E-state index is 0.251. The summed E-state index contributed by atoms with van der Waals surface area (Å²) in [6, 6.07) is 6.59. The summed E-state index contributed by atoms with van der Waals surface area (Å²) in [7, 11) is 0. The van der Waals surface area contributed by atoms with Crippen LogP contribution in [0.15, 0.2) is 24.3 Å². The molecule has 1 fully saturated rings. The Morgan fingerprint density at radius 2 is 1.36 bits per heavy atom. The molecule has 0 saturated carbocycles. The molecule has 0 aliphatic carbocycles. The number of rotatable bonds is 2. The molecule has 0 bridgehead atoms. The van der Waals surface area contributed by atoms with Gasteiger partial charge < -0.3 is 9.80 Å². The van der Waals surface area contributed by atoms with Crippen LogP contribution >= 0.6 is 22.7 Å². The number of fused-ring (bicyclic) bond motifs is 2. The highest BCUT2D eigenvalue weighted by atomic mass is 32.1. The first-order chi connectivity index (χ1) is 13.5. The van der Waals surface area contributed by atoms with E-state index in [4.69, 9.17) is 4.98 Å². The standard InChI is InChI=1S/C20H18F2N4S2/c1-11-7-12(2)17-15(8-11)27-19(23-17)25-3-5-26(6-4-25)20-24-18-14(22)9-13(21)10-16(18)28-20/h7-10H,3-6H2,1-2H3. The fourth-order valence-corrected chi connectivity index (χ4v) is 5.91. The first-order valence-electron chi connectivity index (χ1n) is 9.11. The third-order valence-corrected chi connectivity index (χ3v) is 7.17. The number of hydrogen-bond acceptors (Lipinski definition) is 6. The van der Waals surface area contributed by atoms with Gasteiger partial charge in [0.25, 0.3) is 0 Å². The molecular weight excluding hydrogens is 398 g/mol. The number of nitrogens with zero attached hydrogens (tertiary/aromatic N) is 4. The molecule has 144 valence electrons. The summed E-state index contributed by atoms with van der Waals surface area (Å²) in [5.41, 5.74) is 3.79. The maximum absolute atomic E-state index is 13.9. The van der Waals surface area contributed by atoms with E-state index in [0.717, 1.165) is 48.0 Å². The van der Waals surface area contributed by atoms with Gasteiger partial charge in [0.1, 0.15) is 11.3 Å². The molecule has 28 heavy (non-hydrogen) atoms. The lowest BCUT2D eigenvalue weighted by Gasteiger charge is -2.34. The number of aromatic nitrogens is 2. The second-order valence-corrected chi connectivity index (χ2v) is 9.15. The van der Waals surface area contributed by atoms with Crippen molar-refractivity contribution in [1.29, 1.82) is 0 Å². The predicted octanol–water partition coefficient (Wildman–Crippen LogP) is 5.13. The topological polar surface area (TPSA) is 32.3 Å². The fourth-order valence-electron chi connectivity index (χ4n) is 3.66. The van der Waals surface area contributed by atoms with Crippen molar-refractivity contribution >= 4 is 53.4 Å². The highest BCUT2D eigenvalue weighted by Gasteiger charge is 2.23. The number of benzene rings is 2. The SMILES string of the molecule is Cc1cc(C)c2nc(N3CCN(c4nc5c(F)cc(F)cc5s4)CC3)sc2c1. The van der Waals surface area contributed by atoms with Gasteiger partial charge in [-0.25, -0.2) is 18.7 Å². The van der Waals surface area contributed by atoms with Crippen LogP contribution in [0.5, 0.6) is 0 Å². The van der Waals surface area contributed by atoms with E-state index < -0.39 is 11.6 Å². The predicted molar refractivity (Wildman–Crippen MR) is 113 cm³/mol. The summed E-state index contributed by atoms with van der Waals surface area (Å²) in [6.07, 6.45) is 0. The lowest BCUT2D eigenvalue weighted by molar-refractivity contribution is 0.591. The van der Waals surface area contributed by atoms with Crippen LogP contribution in [0.2, 0.25) is 0 Å². The summed E-state index contributed by atoms with van der Waals surface area (Å²) in [5, 5.41) is 1.79. The summed E-state index contributed by atoms with van der Waals surface area (Å²) in [6.45, 7) is 7.41. The molecular formula is C20H18F2N4S2. The second-order valence-electron chi connectivity index (χ2n) is 7.13. The Labute approximate surface area is 169 Å². The molecule has 4 aromatic rings. The van der Waals surface area contributed by atoms with Crippen molar-refractivity contribution in [3.8, 4) is 0 Å². The lowest BCUT2D eigenvalue weighted by Crippen LogP contribution is -2.46. The molecule has 5 rings (SSSR count). The van der Waals surface area contributed by atoms with Gasteiger partial charge in [0.15, 0.2) is 16.1 Å². The van der Waals surface area contributed by atoms with Crippen molar-refractivity contribution in [3.63, 3.8) is 0 Å². The van der Waals surface area contributed by atoms with Crippen LogP contribution in [0.3, 0.4) is 0 Å². The van der Waals surface area contributed by atoms with Crippen LogP contribution in [-0.4, -0.2) is 36.1 Å². The number of hydrogen-bond donors (Lipinski definition) is 0. The molecule has 1 aliphatic rings. The third kappa shape index (κ3) is 3.00. The van der Waals surface area contributed by atoms with Gasteiger partial charge >= 0.3 is 0 Å². The van der Waals surface area contributed by atoms with Crippen molar-refractivity contribution in [3.05, 3.63) is 47.0 Å². The fraction of sp³-hybridized carbons (Fsp3) is 0.300. The van der Waals surface area contributed by atoms with Gasteiger partial charge in [0.05, 0.1) is 14.9 Å². The number of anilines is 2. The molecule has 2 aromatic heterocycles. The van der Waals surface area contributed by atoms with E-state index in [0.29, 0.717) is 4.70 Å². The lowest BCUT2D eigenvalue weighted by atomic mass is 10.1. The Morgan fingerprint density at radius 1 is 0.786 bits per heavy atom. The van der Waals surface area contributed by atoms with E-state index in [1.807, 2.05) is 0 Å². The van der Waals surface area contributed by atoms with Crippen LogP contribution in [0.4, 0.5) is 19.0 Å². The number of thiazole rings is 2. The van der Waals surface area contributed by atoms with Crippen molar-refractivity contribution in [2.45, 2.75) is 13.8 Å². The smallest absolute Gasteiger partial charge is 0.186 e. The normalized spacial score (nSPS) is 15.1. The minimum Gasteiger partial charge on any atom is -0.345 e. The van der Waals surface area contributed by atoms with Crippen molar-refractivity contribution in [1.82, 2.24) is 9.97 Å². The molecule has 1 saturated heterocycles. The number of piperazine rings is 1. The van der Waals surface area contributed by atoms with Gasteiger partial charge in [0, 0.05) is 32.2 Å². The first-order valence-corrected chi connectivity index (χ1v) is 10.7. The van der Waals surface area contributed by atoms with Gasteiger partial charge in [-0.15, -0.1) is 0 Å². The van der Waals surface area contributed by atoms with E-state index in [1.54, 1.807) is 11.3 Å². The Balaban J connectivity index is 1.36. The zero-order valence-corrected chi connectivity index (χ0v) is 17.1. The zero-order chi connectivity index (χ0) is 19.4. The molecule has 4 nitrogen and oxygen atoms in total. The van der Waals surface area contributed by atoms with Crippen LogP contribution < -0.4 is 9.80 Å². The van der Waals surface area contributed by atoms with E-state index in [9.17, 15) is 8.78 Å². The summed E-state index contributed by atoms with van der Waals surface area (Å²) in [4.78, 5) is 13.7. The Kier molecular flexibility index (Phi) is 4.21. The van der Waals surface area contributed by atoms with Gasteiger partial charge in [-0.05, 0) is 37.1 Å².